The average Bonchev–Trinajstić information content (AvgIpc) is 2.67. The van der Waals surface area contributed by atoms with E-state index in [1.807, 2.05) is 0 Å². The van der Waals surface area contributed by atoms with E-state index in [1.54, 1.807) is 0 Å². The third kappa shape index (κ3) is 2.16. The smallest absolute Gasteiger partial charge is 0.146 e. The van der Waals surface area contributed by atoms with Crippen LogP contribution in [0.1, 0.15) is 38.5 Å². The number of nitrogens with zero attached hydrogens (tertiary/aromatic N) is 1. The average molecular weight is 202 g/mol. The Bertz CT molecular complexity index is 199. The molecule has 1 aliphatic carbocycles. The second kappa shape index (κ2) is 4.32. The molecule has 0 aromatic carbocycles. The van der Waals surface area contributed by atoms with Crippen LogP contribution in [0.2, 0.25) is 0 Å². The van der Waals surface area contributed by atoms with Gasteiger partial charge in [-0.3, -0.25) is 0 Å². The van der Waals surface area contributed by atoms with E-state index in [4.69, 9.17) is 16.4 Å². The monoisotopic (exact) mass is 201 g/mol. The topological polar surface area (TPSA) is 21.6 Å². The van der Waals surface area contributed by atoms with E-state index in [0.29, 0.717) is 11.8 Å². The molecule has 3 heteroatoms. The van der Waals surface area contributed by atoms with Gasteiger partial charge >= 0.3 is 0 Å². The molecule has 0 spiro atoms. The molecule has 0 N–H and O–H groups in total. The van der Waals surface area contributed by atoms with Crippen molar-refractivity contribution in [1.29, 1.82) is 0 Å². The van der Waals surface area contributed by atoms with E-state index in [9.17, 15) is 0 Å². The van der Waals surface area contributed by atoms with Crippen molar-refractivity contribution in [3.05, 3.63) is 0 Å². The van der Waals surface area contributed by atoms with Crippen molar-refractivity contribution in [3.8, 4) is 0 Å². The summed E-state index contributed by atoms with van der Waals surface area (Å²) < 4.78 is 0. The molecular formula is C10H16ClNO. The molecule has 0 amide bonds. The lowest BCUT2D eigenvalue weighted by Crippen LogP contribution is -2.18. The summed E-state index contributed by atoms with van der Waals surface area (Å²) >= 11 is 5.71. The van der Waals surface area contributed by atoms with Crippen molar-refractivity contribution >= 4 is 17.3 Å². The Kier molecular flexibility index (Phi) is 3.09. The maximum absolute atomic E-state index is 5.71. The van der Waals surface area contributed by atoms with E-state index in [-0.39, 0.29) is 6.10 Å². The Labute approximate surface area is 84.3 Å². The lowest BCUT2D eigenvalue weighted by Gasteiger charge is -2.20. The van der Waals surface area contributed by atoms with Crippen LogP contribution in [0.4, 0.5) is 0 Å². The molecule has 13 heavy (non-hydrogen) atoms. The van der Waals surface area contributed by atoms with Gasteiger partial charge in [0.15, 0.2) is 0 Å². The molecule has 1 atom stereocenters. The Morgan fingerprint density at radius 2 is 2.08 bits per heavy atom. The van der Waals surface area contributed by atoms with Crippen molar-refractivity contribution in [3.63, 3.8) is 0 Å². The van der Waals surface area contributed by atoms with Gasteiger partial charge in [0.05, 0.1) is 11.6 Å². The number of rotatable bonds is 2. The molecule has 0 aromatic heterocycles. The molecule has 0 aromatic rings. The number of hydrogen-bond acceptors (Lipinski definition) is 2. The highest BCUT2D eigenvalue weighted by molar-refractivity contribution is 6.18. The Morgan fingerprint density at radius 3 is 2.69 bits per heavy atom. The summed E-state index contributed by atoms with van der Waals surface area (Å²) in [7, 11) is 0. The normalized spacial score (nSPS) is 29.9. The third-order valence-electron chi connectivity index (χ3n) is 3.00. The maximum atomic E-state index is 5.71. The van der Waals surface area contributed by atoms with Crippen molar-refractivity contribution in [2.24, 2.45) is 11.1 Å². The SMILES string of the molecule is ClCC1CC(C2CCCCC2)=NO1. The van der Waals surface area contributed by atoms with Crippen molar-refractivity contribution < 1.29 is 4.84 Å². The second-order valence-corrected chi connectivity index (χ2v) is 4.31. The minimum atomic E-state index is 0.151. The highest BCUT2D eigenvalue weighted by atomic mass is 35.5. The maximum Gasteiger partial charge on any atom is 0.146 e. The molecule has 0 saturated heterocycles. The molecule has 0 radical (unpaired) electrons. The van der Waals surface area contributed by atoms with Crippen LogP contribution >= 0.6 is 11.6 Å². The summed E-state index contributed by atoms with van der Waals surface area (Å²) in [6, 6.07) is 0. The molecule has 1 aliphatic heterocycles. The minimum Gasteiger partial charge on any atom is -0.391 e. The van der Waals surface area contributed by atoms with Crippen molar-refractivity contribution in [2.75, 3.05) is 5.88 Å². The van der Waals surface area contributed by atoms with Gasteiger partial charge in [0.1, 0.15) is 6.10 Å². The van der Waals surface area contributed by atoms with Gasteiger partial charge in [-0.15, -0.1) is 11.6 Å². The van der Waals surface area contributed by atoms with Crippen LogP contribution in [0.15, 0.2) is 5.16 Å². The molecule has 2 nitrogen and oxygen atoms in total. The number of alkyl halides is 1. The Balaban J connectivity index is 1.87. The van der Waals surface area contributed by atoms with Crippen LogP contribution in [-0.4, -0.2) is 17.7 Å². The second-order valence-electron chi connectivity index (χ2n) is 4.00. The van der Waals surface area contributed by atoms with Crippen LogP contribution in [0, 0.1) is 5.92 Å². The predicted octanol–water partition coefficient (Wildman–Crippen LogP) is 2.95. The molecule has 1 saturated carbocycles. The van der Waals surface area contributed by atoms with E-state index >= 15 is 0 Å². The first-order valence-electron chi connectivity index (χ1n) is 5.18. The highest BCUT2D eigenvalue weighted by Crippen LogP contribution is 2.29. The first-order chi connectivity index (χ1) is 6.40. The molecule has 1 heterocycles. The van der Waals surface area contributed by atoms with Crippen molar-refractivity contribution in [2.45, 2.75) is 44.6 Å². The molecular weight excluding hydrogens is 186 g/mol. The van der Waals surface area contributed by atoms with Gasteiger partial charge in [-0.05, 0) is 12.8 Å². The Hall–Kier alpha value is -0.240. The van der Waals surface area contributed by atoms with Crippen LogP contribution in [-0.2, 0) is 4.84 Å². The Morgan fingerprint density at radius 1 is 1.31 bits per heavy atom. The van der Waals surface area contributed by atoms with E-state index < -0.39 is 0 Å². The third-order valence-corrected chi connectivity index (χ3v) is 3.35. The number of oxime groups is 1. The standard InChI is InChI=1S/C10H16ClNO/c11-7-9-6-10(12-13-9)8-4-2-1-3-5-8/h8-9H,1-7H2. The largest absolute Gasteiger partial charge is 0.391 e. The molecule has 1 unspecified atom stereocenters. The van der Waals surface area contributed by atoms with Gasteiger partial charge in [0.25, 0.3) is 0 Å². The van der Waals surface area contributed by atoms with Crippen LogP contribution in [0.3, 0.4) is 0 Å². The van der Waals surface area contributed by atoms with Crippen LogP contribution in [0.25, 0.3) is 0 Å². The van der Waals surface area contributed by atoms with Gasteiger partial charge < -0.3 is 4.84 Å². The van der Waals surface area contributed by atoms with Crippen molar-refractivity contribution in [1.82, 2.24) is 0 Å². The highest BCUT2D eigenvalue weighted by Gasteiger charge is 2.27. The quantitative estimate of drug-likeness (QED) is 0.630. The fourth-order valence-corrected chi connectivity index (χ4v) is 2.38. The zero-order chi connectivity index (χ0) is 9.10. The molecule has 2 aliphatic rings. The molecule has 74 valence electrons. The first-order valence-corrected chi connectivity index (χ1v) is 5.72. The van der Waals surface area contributed by atoms with Gasteiger partial charge in [-0.25, -0.2) is 0 Å². The summed E-state index contributed by atoms with van der Waals surface area (Å²) in [6.45, 7) is 0. The zero-order valence-electron chi connectivity index (χ0n) is 7.84. The molecule has 0 bridgehead atoms. The summed E-state index contributed by atoms with van der Waals surface area (Å²) in [4.78, 5) is 5.22. The lowest BCUT2D eigenvalue weighted by molar-refractivity contribution is 0.102. The summed E-state index contributed by atoms with van der Waals surface area (Å²) in [5.41, 5.74) is 1.27. The fraction of sp³-hybridized carbons (Fsp3) is 0.900. The number of halogens is 1. The molecule has 2 rings (SSSR count). The molecule has 1 fully saturated rings. The first kappa shape index (κ1) is 9.32. The van der Waals surface area contributed by atoms with Gasteiger partial charge in [-0.2, -0.15) is 0 Å². The summed E-state index contributed by atoms with van der Waals surface area (Å²) in [5.74, 6) is 1.27. The van der Waals surface area contributed by atoms with Gasteiger partial charge in [0.2, 0.25) is 0 Å². The lowest BCUT2D eigenvalue weighted by atomic mass is 9.84. The zero-order valence-corrected chi connectivity index (χ0v) is 8.59. The van der Waals surface area contributed by atoms with Crippen LogP contribution < -0.4 is 0 Å². The van der Waals surface area contributed by atoms with E-state index in [2.05, 4.69) is 5.16 Å². The van der Waals surface area contributed by atoms with E-state index in [1.165, 1.54) is 37.8 Å². The predicted molar refractivity (Wildman–Crippen MR) is 54.2 cm³/mol. The fourth-order valence-electron chi connectivity index (χ4n) is 2.21. The van der Waals surface area contributed by atoms with Gasteiger partial charge in [-0.1, -0.05) is 24.4 Å². The summed E-state index contributed by atoms with van der Waals surface area (Å²) in [6.07, 6.45) is 7.83. The number of hydrogen-bond donors (Lipinski definition) is 0. The van der Waals surface area contributed by atoms with E-state index in [0.717, 1.165) is 6.42 Å². The summed E-state index contributed by atoms with van der Waals surface area (Å²) in [5, 5.41) is 4.14. The van der Waals surface area contributed by atoms with Gasteiger partial charge in [0, 0.05) is 12.3 Å². The van der Waals surface area contributed by atoms with Crippen LogP contribution in [0.5, 0.6) is 0 Å². The minimum absolute atomic E-state index is 0.151.